The predicted octanol–water partition coefficient (Wildman–Crippen LogP) is 8.58. The molecule has 6 nitrogen and oxygen atoms in total. The van der Waals surface area contributed by atoms with Crippen LogP contribution in [0.25, 0.3) is 5.69 Å². The van der Waals surface area contributed by atoms with Gasteiger partial charge in [-0.3, -0.25) is 0 Å². The summed E-state index contributed by atoms with van der Waals surface area (Å²) in [6, 6.07) is 35.8. The Hall–Kier alpha value is -4.97. The van der Waals surface area contributed by atoms with Gasteiger partial charge in [-0.1, -0.05) is 87.5 Å². The van der Waals surface area contributed by atoms with E-state index in [4.69, 9.17) is 15.1 Å². The van der Waals surface area contributed by atoms with Crippen LogP contribution >= 0.6 is 0 Å². The molecule has 0 fully saturated rings. The van der Waals surface area contributed by atoms with Crippen LogP contribution in [0.2, 0.25) is 0 Å². The molecule has 0 saturated carbocycles. The Balaban J connectivity index is 1.48. The van der Waals surface area contributed by atoms with Gasteiger partial charge in [0.15, 0.2) is 17.5 Å². The molecule has 208 valence electrons. The molecule has 4 aromatic carbocycles. The molecule has 0 saturated heterocycles. The number of anilines is 2. The van der Waals surface area contributed by atoms with Gasteiger partial charge < -0.3 is 10.2 Å². The minimum atomic E-state index is -0.148. The summed E-state index contributed by atoms with van der Waals surface area (Å²) < 4.78 is 1.97. The third kappa shape index (κ3) is 4.40. The van der Waals surface area contributed by atoms with Crippen molar-refractivity contribution in [2.75, 3.05) is 10.2 Å². The lowest BCUT2D eigenvalue weighted by Crippen LogP contribution is -2.46. The van der Waals surface area contributed by atoms with Gasteiger partial charge in [0.2, 0.25) is 0 Å². The molecule has 2 aliphatic rings. The number of fused-ring (bicyclic) bond motifs is 4. The zero-order valence-electron chi connectivity index (χ0n) is 24.6. The molecule has 0 amide bonds. The first-order chi connectivity index (χ1) is 20.3. The minimum absolute atomic E-state index is 0.0618. The monoisotopic (exact) mass is 550 g/mol. The van der Waals surface area contributed by atoms with E-state index in [-0.39, 0.29) is 11.5 Å². The third-order valence-electron chi connectivity index (χ3n) is 8.01. The molecule has 1 N–H and O–H groups in total. The molecule has 42 heavy (non-hydrogen) atoms. The fourth-order valence-corrected chi connectivity index (χ4v) is 5.89. The Bertz CT molecular complexity index is 1860. The van der Waals surface area contributed by atoms with Crippen LogP contribution in [0.5, 0.6) is 0 Å². The Morgan fingerprint density at radius 2 is 1.50 bits per heavy atom. The molecule has 0 bridgehead atoms. The summed E-state index contributed by atoms with van der Waals surface area (Å²) >= 11 is 0. The first-order valence-electron chi connectivity index (χ1n) is 14.4. The van der Waals surface area contributed by atoms with Gasteiger partial charge in [0.05, 0.1) is 28.8 Å². The topological polar surface area (TPSA) is 57.8 Å². The highest BCUT2D eigenvalue weighted by Crippen LogP contribution is 2.48. The molecular weight excluding hydrogens is 516 g/mol. The zero-order valence-corrected chi connectivity index (χ0v) is 24.6. The Morgan fingerprint density at radius 1 is 0.762 bits per heavy atom. The van der Waals surface area contributed by atoms with E-state index in [2.05, 4.69) is 124 Å². The molecule has 6 heteroatoms. The van der Waals surface area contributed by atoms with Crippen LogP contribution in [0.15, 0.2) is 113 Å². The van der Waals surface area contributed by atoms with E-state index >= 15 is 0 Å². The van der Waals surface area contributed by atoms with Crippen LogP contribution in [-0.2, 0) is 5.41 Å². The maximum absolute atomic E-state index is 5.35. The highest BCUT2D eigenvalue weighted by atomic mass is 15.4. The van der Waals surface area contributed by atoms with Gasteiger partial charge >= 0.3 is 0 Å². The average molecular weight is 551 g/mol. The van der Waals surface area contributed by atoms with Gasteiger partial charge in [0, 0.05) is 11.3 Å². The van der Waals surface area contributed by atoms with Crippen molar-refractivity contribution in [1.29, 1.82) is 0 Å². The molecule has 7 rings (SSSR count). The lowest BCUT2D eigenvalue weighted by molar-refractivity contribution is 0.589. The van der Waals surface area contributed by atoms with Crippen LogP contribution < -0.4 is 10.2 Å². The van der Waals surface area contributed by atoms with Crippen molar-refractivity contribution in [2.24, 2.45) is 9.98 Å². The molecule has 0 aliphatic carbocycles. The van der Waals surface area contributed by atoms with Gasteiger partial charge in [0.1, 0.15) is 0 Å². The summed E-state index contributed by atoms with van der Waals surface area (Å²) in [5, 5.41) is 8.66. The van der Waals surface area contributed by atoms with Gasteiger partial charge in [0.25, 0.3) is 0 Å². The van der Waals surface area contributed by atoms with Crippen molar-refractivity contribution in [1.82, 2.24) is 9.78 Å². The van der Waals surface area contributed by atoms with E-state index < -0.39 is 0 Å². The number of para-hydroxylation sites is 3. The maximum Gasteiger partial charge on any atom is 0.179 e. The molecule has 2 aliphatic heterocycles. The fraction of sp³-hybridized carbons (Fsp3) is 0.194. The molecule has 0 spiro atoms. The van der Waals surface area contributed by atoms with Crippen molar-refractivity contribution >= 4 is 34.6 Å². The number of nitrogens with one attached hydrogen (secondary N) is 1. The van der Waals surface area contributed by atoms with Crippen molar-refractivity contribution in [2.45, 2.75) is 46.1 Å². The normalized spacial score (nSPS) is 15.7. The van der Waals surface area contributed by atoms with Gasteiger partial charge in [-0.25, -0.2) is 14.7 Å². The zero-order chi connectivity index (χ0) is 29.0. The van der Waals surface area contributed by atoms with Crippen LogP contribution in [-0.4, -0.2) is 21.5 Å². The van der Waals surface area contributed by atoms with E-state index in [0.717, 1.165) is 45.7 Å². The lowest BCUT2D eigenvalue weighted by atomic mass is 9.85. The Kier molecular flexibility index (Phi) is 6.08. The molecule has 5 aromatic rings. The second kappa shape index (κ2) is 9.84. The molecular formula is C36H34N6. The molecule has 3 heterocycles. The quantitative estimate of drug-likeness (QED) is 0.245. The highest BCUT2D eigenvalue weighted by Gasteiger charge is 2.41. The molecule has 1 aromatic heterocycles. The number of aliphatic imine (C=N–C) groups is 2. The summed E-state index contributed by atoms with van der Waals surface area (Å²) in [5.74, 6) is 2.30. The van der Waals surface area contributed by atoms with Gasteiger partial charge in [-0.05, 0) is 72.4 Å². The Morgan fingerprint density at radius 3 is 2.24 bits per heavy atom. The second-order valence-corrected chi connectivity index (χ2v) is 12.1. The van der Waals surface area contributed by atoms with Crippen LogP contribution in [0.4, 0.5) is 22.9 Å². The van der Waals surface area contributed by atoms with Crippen LogP contribution in [0.1, 0.15) is 54.8 Å². The van der Waals surface area contributed by atoms with E-state index in [0.29, 0.717) is 5.84 Å². The lowest BCUT2D eigenvalue weighted by Gasteiger charge is -2.40. The summed E-state index contributed by atoms with van der Waals surface area (Å²) in [7, 11) is 0. The van der Waals surface area contributed by atoms with E-state index in [9.17, 15) is 0 Å². The number of nitrogens with zero attached hydrogens (tertiary/aromatic N) is 5. The fourth-order valence-electron chi connectivity index (χ4n) is 5.89. The SMILES string of the molecule is Cc1cccc(NC2=Nc3ccccc3N3C2=Nc2c(c(C)nn2-c2ccccc2)[C@H]3c2ccc(C(C)(C)C)cc2)c1. The van der Waals surface area contributed by atoms with Crippen LogP contribution in [0.3, 0.4) is 0 Å². The van der Waals surface area contributed by atoms with Crippen molar-refractivity contribution < 1.29 is 0 Å². The average Bonchev–Trinajstić information content (AvgIpc) is 3.32. The summed E-state index contributed by atoms with van der Waals surface area (Å²) in [6.07, 6.45) is 0. The van der Waals surface area contributed by atoms with Crippen molar-refractivity contribution in [3.8, 4) is 5.69 Å². The number of amidine groups is 2. The number of rotatable bonds is 3. The Labute approximate surface area is 247 Å². The van der Waals surface area contributed by atoms with Gasteiger partial charge in [-0.15, -0.1) is 0 Å². The standard InChI is InChI=1S/C36H34N6/c1-23-12-11-13-27(22-23)37-33-35-39-34-31(24(2)40-42(34)28-14-7-6-8-15-28)32(25-18-20-26(21-19-25)36(3,4)5)41(35)30-17-10-9-16-29(30)38-33/h6-22,32H,1-5H3,(H,37,38)/t32-/m1/s1. The van der Waals surface area contributed by atoms with E-state index in [1.165, 1.54) is 16.7 Å². The van der Waals surface area contributed by atoms with E-state index in [1.807, 2.05) is 28.9 Å². The van der Waals surface area contributed by atoms with E-state index in [1.54, 1.807) is 0 Å². The second-order valence-electron chi connectivity index (χ2n) is 12.1. The highest BCUT2D eigenvalue weighted by molar-refractivity contribution is 6.51. The maximum atomic E-state index is 5.35. The molecule has 0 radical (unpaired) electrons. The van der Waals surface area contributed by atoms with Crippen LogP contribution in [0, 0.1) is 13.8 Å². The number of hydrogen-bond donors (Lipinski definition) is 1. The number of hydrogen-bond acceptors (Lipinski definition) is 5. The predicted molar refractivity (Wildman–Crippen MR) is 173 cm³/mol. The number of benzene rings is 4. The van der Waals surface area contributed by atoms with Crippen molar-refractivity contribution in [3.05, 3.63) is 131 Å². The number of aromatic nitrogens is 2. The first kappa shape index (κ1) is 26.0. The smallest absolute Gasteiger partial charge is 0.179 e. The first-order valence-corrected chi connectivity index (χ1v) is 14.4. The largest absolute Gasteiger partial charge is 0.337 e. The summed E-state index contributed by atoms with van der Waals surface area (Å²) in [6.45, 7) is 10.9. The van der Waals surface area contributed by atoms with Crippen molar-refractivity contribution in [3.63, 3.8) is 0 Å². The summed E-state index contributed by atoms with van der Waals surface area (Å²) in [5.41, 5.74) is 9.64. The molecule has 0 unspecified atom stereocenters. The van der Waals surface area contributed by atoms with Gasteiger partial charge in [-0.2, -0.15) is 5.10 Å². The molecule has 1 atom stereocenters. The number of aryl methyl sites for hydroxylation is 2. The third-order valence-corrected chi connectivity index (χ3v) is 8.01. The minimum Gasteiger partial charge on any atom is -0.337 e. The summed E-state index contributed by atoms with van der Waals surface area (Å²) in [4.78, 5) is 12.8.